The van der Waals surface area contributed by atoms with Crippen LogP contribution in [0.5, 0.6) is 0 Å². The molecule has 1 amide bonds. The van der Waals surface area contributed by atoms with Crippen LogP contribution in [0.3, 0.4) is 0 Å². The lowest BCUT2D eigenvalue weighted by atomic mass is 9.97. The van der Waals surface area contributed by atoms with Crippen LogP contribution < -0.4 is 10.2 Å². The predicted molar refractivity (Wildman–Crippen MR) is 101 cm³/mol. The number of hydrogen-bond acceptors (Lipinski definition) is 4. The van der Waals surface area contributed by atoms with Crippen LogP contribution in [0.2, 0.25) is 0 Å². The fourth-order valence-corrected chi connectivity index (χ4v) is 4.01. The molecule has 1 fully saturated rings. The molecular formula is C18H29N3O3S. The third kappa shape index (κ3) is 5.71. The lowest BCUT2D eigenvalue weighted by Gasteiger charge is -2.30. The van der Waals surface area contributed by atoms with Crippen LogP contribution in [0, 0.1) is 12.8 Å². The van der Waals surface area contributed by atoms with Crippen LogP contribution in [0.15, 0.2) is 24.3 Å². The largest absolute Gasteiger partial charge is 0.370 e. The Morgan fingerprint density at radius 3 is 2.36 bits per heavy atom. The first-order valence-corrected chi connectivity index (χ1v) is 10.7. The number of likely N-dealkylation sites (N-methyl/N-ethyl adjacent to an activating group) is 1. The SMILES string of the molecule is CCN(CCNC(=O)C1CCN(S(C)(=O)=O)CC1)c1ccc(C)cc1. The first-order valence-electron chi connectivity index (χ1n) is 8.85. The van der Waals surface area contributed by atoms with Crippen molar-refractivity contribution in [1.82, 2.24) is 9.62 Å². The summed E-state index contributed by atoms with van der Waals surface area (Å²) in [4.78, 5) is 14.5. The van der Waals surface area contributed by atoms with Gasteiger partial charge in [0.1, 0.15) is 0 Å². The number of nitrogens with zero attached hydrogens (tertiary/aromatic N) is 2. The Balaban J connectivity index is 1.77. The topological polar surface area (TPSA) is 69.7 Å². The standard InChI is InChI=1S/C18H29N3O3S/c1-4-20(17-7-5-15(2)6-8-17)14-11-19-18(22)16-9-12-21(13-10-16)25(3,23)24/h5-8,16H,4,9-14H2,1-3H3,(H,19,22). The van der Waals surface area contributed by atoms with Crippen LogP contribution in [0.4, 0.5) is 5.69 Å². The van der Waals surface area contributed by atoms with Gasteiger partial charge in [-0.3, -0.25) is 4.79 Å². The summed E-state index contributed by atoms with van der Waals surface area (Å²) in [5.41, 5.74) is 2.39. The highest BCUT2D eigenvalue weighted by molar-refractivity contribution is 7.88. The third-order valence-corrected chi connectivity index (χ3v) is 6.06. The molecule has 25 heavy (non-hydrogen) atoms. The Bertz CT molecular complexity index is 665. The van der Waals surface area contributed by atoms with E-state index in [2.05, 4.69) is 48.3 Å². The van der Waals surface area contributed by atoms with E-state index >= 15 is 0 Å². The molecule has 1 heterocycles. The van der Waals surface area contributed by atoms with Crippen LogP contribution >= 0.6 is 0 Å². The number of rotatable bonds is 7. The Morgan fingerprint density at radius 2 is 1.84 bits per heavy atom. The summed E-state index contributed by atoms with van der Waals surface area (Å²) in [6, 6.07) is 8.38. The number of hydrogen-bond donors (Lipinski definition) is 1. The minimum atomic E-state index is -3.15. The van der Waals surface area contributed by atoms with Gasteiger partial charge < -0.3 is 10.2 Å². The maximum Gasteiger partial charge on any atom is 0.223 e. The molecule has 0 aliphatic carbocycles. The smallest absolute Gasteiger partial charge is 0.223 e. The van der Waals surface area contributed by atoms with Gasteiger partial charge in [0.05, 0.1) is 6.26 Å². The molecule has 0 aromatic heterocycles. The van der Waals surface area contributed by atoms with Gasteiger partial charge >= 0.3 is 0 Å². The molecule has 1 N–H and O–H groups in total. The molecule has 0 unspecified atom stereocenters. The van der Waals surface area contributed by atoms with Crippen molar-refractivity contribution in [3.63, 3.8) is 0 Å². The second-order valence-electron chi connectivity index (χ2n) is 6.64. The van der Waals surface area contributed by atoms with Gasteiger partial charge in [0.2, 0.25) is 15.9 Å². The molecule has 0 spiro atoms. The average Bonchev–Trinajstić information content (AvgIpc) is 2.59. The number of sulfonamides is 1. The summed E-state index contributed by atoms with van der Waals surface area (Å²) in [5, 5.41) is 3.00. The molecule has 1 aliphatic heterocycles. The maximum absolute atomic E-state index is 12.3. The molecule has 7 heteroatoms. The Kier molecular flexibility index (Phi) is 6.84. The van der Waals surface area contributed by atoms with E-state index in [4.69, 9.17) is 0 Å². The van der Waals surface area contributed by atoms with Crippen molar-refractivity contribution in [2.45, 2.75) is 26.7 Å². The first kappa shape index (κ1) is 19.7. The van der Waals surface area contributed by atoms with Crippen LogP contribution in [-0.4, -0.2) is 57.6 Å². The van der Waals surface area contributed by atoms with E-state index in [9.17, 15) is 13.2 Å². The fourth-order valence-electron chi connectivity index (χ4n) is 3.13. The van der Waals surface area contributed by atoms with Crippen molar-refractivity contribution in [2.24, 2.45) is 5.92 Å². The minimum Gasteiger partial charge on any atom is -0.370 e. The molecule has 6 nitrogen and oxygen atoms in total. The van der Waals surface area contributed by atoms with Crippen molar-refractivity contribution >= 4 is 21.6 Å². The van der Waals surface area contributed by atoms with Crippen molar-refractivity contribution in [3.05, 3.63) is 29.8 Å². The highest BCUT2D eigenvalue weighted by Gasteiger charge is 2.28. The monoisotopic (exact) mass is 367 g/mol. The van der Waals surface area contributed by atoms with E-state index in [1.165, 1.54) is 16.1 Å². The van der Waals surface area contributed by atoms with Crippen LogP contribution in [-0.2, 0) is 14.8 Å². The lowest BCUT2D eigenvalue weighted by molar-refractivity contribution is -0.126. The Hall–Kier alpha value is -1.60. The zero-order valence-electron chi connectivity index (χ0n) is 15.4. The number of carbonyl (C=O) groups is 1. The zero-order valence-corrected chi connectivity index (χ0v) is 16.2. The minimum absolute atomic E-state index is 0.0353. The number of benzene rings is 1. The number of nitrogens with one attached hydrogen (secondary N) is 1. The summed E-state index contributed by atoms with van der Waals surface area (Å²) in [6.07, 6.45) is 2.40. The van der Waals surface area contributed by atoms with Gasteiger partial charge in [0.15, 0.2) is 0 Å². The molecule has 140 valence electrons. The predicted octanol–water partition coefficient (Wildman–Crippen LogP) is 1.61. The quantitative estimate of drug-likeness (QED) is 0.795. The molecule has 2 rings (SSSR count). The van der Waals surface area contributed by atoms with Crippen molar-refractivity contribution in [2.75, 3.05) is 43.9 Å². The summed E-state index contributed by atoms with van der Waals surface area (Å²) in [6.45, 7) is 7.26. The van der Waals surface area contributed by atoms with E-state index in [1.807, 2.05) is 0 Å². The third-order valence-electron chi connectivity index (χ3n) is 4.76. The number of aryl methyl sites for hydroxylation is 1. The van der Waals surface area contributed by atoms with Gasteiger partial charge in [-0.2, -0.15) is 0 Å². The van der Waals surface area contributed by atoms with Crippen molar-refractivity contribution in [3.8, 4) is 0 Å². The zero-order chi connectivity index (χ0) is 18.4. The number of amides is 1. The molecule has 0 saturated carbocycles. The van der Waals surface area contributed by atoms with Gasteiger partial charge in [-0.15, -0.1) is 0 Å². The van der Waals surface area contributed by atoms with E-state index < -0.39 is 10.0 Å². The van der Waals surface area contributed by atoms with E-state index in [0.717, 1.165) is 18.8 Å². The second-order valence-corrected chi connectivity index (χ2v) is 8.62. The molecule has 0 atom stereocenters. The van der Waals surface area contributed by atoms with E-state index in [1.54, 1.807) is 0 Å². The van der Waals surface area contributed by atoms with Gasteiger partial charge in [-0.05, 0) is 38.8 Å². The van der Waals surface area contributed by atoms with Crippen LogP contribution in [0.25, 0.3) is 0 Å². The normalized spacial score (nSPS) is 16.6. The Morgan fingerprint density at radius 1 is 1.24 bits per heavy atom. The van der Waals surface area contributed by atoms with Gasteiger partial charge in [0.25, 0.3) is 0 Å². The molecule has 1 aromatic carbocycles. The molecule has 1 aromatic rings. The molecular weight excluding hydrogens is 338 g/mol. The summed E-state index contributed by atoms with van der Waals surface area (Å²) >= 11 is 0. The van der Waals surface area contributed by atoms with Crippen molar-refractivity contribution in [1.29, 1.82) is 0 Å². The fraction of sp³-hybridized carbons (Fsp3) is 0.611. The molecule has 0 bridgehead atoms. The number of piperidine rings is 1. The summed E-state index contributed by atoms with van der Waals surface area (Å²) in [7, 11) is -3.15. The summed E-state index contributed by atoms with van der Waals surface area (Å²) in [5.74, 6) is -0.0550. The average molecular weight is 368 g/mol. The molecule has 0 radical (unpaired) electrons. The van der Waals surface area contributed by atoms with Gasteiger partial charge in [0, 0.05) is 44.3 Å². The summed E-state index contributed by atoms with van der Waals surface area (Å²) < 4.78 is 24.5. The van der Waals surface area contributed by atoms with Gasteiger partial charge in [-0.25, -0.2) is 12.7 Å². The first-order chi connectivity index (χ1) is 11.8. The lowest BCUT2D eigenvalue weighted by Crippen LogP contribution is -2.44. The molecule has 1 saturated heterocycles. The van der Waals surface area contributed by atoms with Crippen molar-refractivity contribution < 1.29 is 13.2 Å². The highest BCUT2D eigenvalue weighted by Crippen LogP contribution is 2.19. The van der Waals surface area contributed by atoms with E-state index in [-0.39, 0.29) is 11.8 Å². The molecule has 1 aliphatic rings. The second kappa shape index (κ2) is 8.67. The Labute approximate surface area is 151 Å². The number of anilines is 1. The number of carbonyl (C=O) groups excluding carboxylic acids is 1. The maximum atomic E-state index is 12.3. The highest BCUT2D eigenvalue weighted by atomic mass is 32.2. The van der Waals surface area contributed by atoms with Crippen LogP contribution in [0.1, 0.15) is 25.3 Å². The van der Waals surface area contributed by atoms with E-state index in [0.29, 0.717) is 32.5 Å². The van der Waals surface area contributed by atoms with Gasteiger partial charge in [-0.1, -0.05) is 17.7 Å².